The highest BCUT2D eigenvalue weighted by Crippen LogP contribution is 2.64. The standard InChI is InChI=1S/C28H44O2.C2H6/c1-6-28(30,7-2)17-12-19(3)23-10-11-24-22-9-8-20-18-21(29)13-15-26(20,4)25(22)14-16-27(23,24)5;1-2/h8-10,19,21,24-25,29-30H,6-7,11-18H2,1-5H3;1-2H3. The second-order valence-electron chi connectivity index (χ2n) is 11.5. The van der Waals surface area contributed by atoms with Gasteiger partial charge in [-0.05, 0) is 92.8 Å². The molecule has 6 atom stereocenters. The third kappa shape index (κ3) is 4.31. The summed E-state index contributed by atoms with van der Waals surface area (Å²) in [5, 5.41) is 21.0. The van der Waals surface area contributed by atoms with E-state index in [4.69, 9.17) is 0 Å². The van der Waals surface area contributed by atoms with Crippen LogP contribution in [0, 0.1) is 28.6 Å². The number of fused-ring (bicyclic) bond motifs is 5. The Labute approximate surface area is 198 Å². The Morgan fingerprint density at radius 3 is 2.34 bits per heavy atom. The predicted octanol–water partition coefficient (Wildman–Crippen LogP) is 7.76. The van der Waals surface area contributed by atoms with Crippen molar-refractivity contribution in [1.29, 1.82) is 0 Å². The first-order valence-corrected chi connectivity index (χ1v) is 13.7. The van der Waals surface area contributed by atoms with Crippen molar-refractivity contribution >= 4 is 0 Å². The molecule has 4 aliphatic rings. The van der Waals surface area contributed by atoms with Crippen molar-refractivity contribution in [2.24, 2.45) is 28.6 Å². The van der Waals surface area contributed by atoms with Gasteiger partial charge in [-0.25, -0.2) is 0 Å². The maximum atomic E-state index is 10.8. The second kappa shape index (κ2) is 9.79. The van der Waals surface area contributed by atoms with Crippen molar-refractivity contribution in [3.8, 4) is 0 Å². The lowest BCUT2D eigenvalue weighted by Gasteiger charge is -2.54. The van der Waals surface area contributed by atoms with Gasteiger partial charge in [0, 0.05) is 0 Å². The van der Waals surface area contributed by atoms with Gasteiger partial charge in [-0.2, -0.15) is 0 Å². The first kappa shape index (κ1) is 25.8. The summed E-state index contributed by atoms with van der Waals surface area (Å²) >= 11 is 0. The zero-order valence-corrected chi connectivity index (χ0v) is 22.0. The lowest BCUT2D eigenvalue weighted by atomic mass is 9.50. The van der Waals surface area contributed by atoms with Crippen LogP contribution < -0.4 is 0 Å². The molecule has 0 saturated heterocycles. The van der Waals surface area contributed by atoms with Crippen molar-refractivity contribution in [2.75, 3.05) is 0 Å². The Morgan fingerprint density at radius 2 is 1.69 bits per heavy atom. The molecule has 0 spiro atoms. The Balaban J connectivity index is 0.00000141. The molecule has 0 heterocycles. The lowest BCUT2D eigenvalue weighted by Crippen LogP contribution is -2.45. The molecule has 0 amide bonds. The van der Waals surface area contributed by atoms with Gasteiger partial charge >= 0.3 is 0 Å². The van der Waals surface area contributed by atoms with Crippen LogP contribution in [0.25, 0.3) is 0 Å². The molecular formula is C30H50O2. The normalized spacial score (nSPS) is 37.0. The van der Waals surface area contributed by atoms with E-state index in [1.54, 1.807) is 11.1 Å². The van der Waals surface area contributed by atoms with E-state index in [0.717, 1.165) is 44.9 Å². The number of aliphatic hydroxyl groups is 2. The minimum atomic E-state index is -0.487. The number of rotatable bonds is 6. The first-order chi connectivity index (χ1) is 15.2. The Morgan fingerprint density at radius 1 is 1.03 bits per heavy atom. The van der Waals surface area contributed by atoms with Crippen LogP contribution in [-0.2, 0) is 0 Å². The third-order valence-electron chi connectivity index (χ3n) is 10.1. The number of hydrogen-bond donors (Lipinski definition) is 2. The molecule has 0 aliphatic heterocycles. The van der Waals surface area contributed by atoms with E-state index in [0.29, 0.717) is 17.8 Å². The van der Waals surface area contributed by atoms with Gasteiger partial charge in [0.1, 0.15) is 0 Å². The minimum absolute atomic E-state index is 0.140. The Bertz CT molecular complexity index is 755. The summed E-state index contributed by atoms with van der Waals surface area (Å²) < 4.78 is 0. The topological polar surface area (TPSA) is 40.5 Å². The maximum absolute atomic E-state index is 10.8. The summed E-state index contributed by atoms with van der Waals surface area (Å²) in [5.41, 5.74) is 4.92. The average Bonchev–Trinajstić information content (AvgIpc) is 3.16. The largest absolute Gasteiger partial charge is 0.393 e. The third-order valence-corrected chi connectivity index (χ3v) is 10.1. The molecule has 4 aliphatic carbocycles. The molecule has 0 aromatic heterocycles. The summed E-state index contributed by atoms with van der Waals surface area (Å²) in [5.74, 6) is 1.86. The quantitative estimate of drug-likeness (QED) is 0.413. The molecule has 2 fully saturated rings. The van der Waals surface area contributed by atoms with E-state index >= 15 is 0 Å². The SMILES string of the molecule is CC.CCC(O)(CC)CCC(C)C1=CCC2C3=CC=C4CC(O)CCC4(C)C3CCC12C. The number of allylic oxidation sites excluding steroid dienone is 5. The monoisotopic (exact) mass is 442 g/mol. The van der Waals surface area contributed by atoms with E-state index in [2.05, 4.69) is 52.8 Å². The van der Waals surface area contributed by atoms with Crippen molar-refractivity contribution in [3.63, 3.8) is 0 Å². The van der Waals surface area contributed by atoms with Gasteiger partial charge in [0.15, 0.2) is 0 Å². The van der Waals surface area contributed by atoms with Crippen LogP contribution in [0.2, 0.25) is 0 Å². The Hall–Kier alpha value is -0.860. The smallest absolute Gasteiger partial charge is 0.0642 e. The lowest BCUT2D eigenvalue weighted by molar-refractivity contribution is 0.0179. The molecule has 2 nitrogen and oxygen atoms in total. The van der Waals surface area contributed by atoms with Crippen molar-refractivity contribution in [3.05, 3.63) is 34.9 Å². The van der Waals surface area contributed by atoms with Crippen molar-refractivity contribution in [1.82, 2.24) is 0 Å². The fourth-order valence-corrected chi connectivity index (χ4v) is 7.61. The van der Waals surface area contributed by atoms with Crippen LogP contribution in [0.15, 0.2) is 34.9 Å². The maximum Gasteiger partial charge on any atom is 0.0642 e. The van der Waals surface area contributed by atoms with Gasteiger partial charge in [-0.3, -0.25) is 0 Å². The zero-order valence-electron chi connectivity index (χ0n) is 22.0. The van der Waals surface area contributed by atoms with E-state index in [-0.39, 0.29) is 16.9 Å². The highest BCUT2D eigenvalue weighted by Gasteiger charge is 2.54. The minimum Gasteiger partial charge on any atom is -0.393 e. The summed E-state index contributed by atoms with van der Waals surface area (Å²) in [4.78, 5) is 0. The molecule has 0 radical (unpaired) electrons. The molecule has 2 heteroatoms. The fraction of sp³-hybridized carbons (Fsp3) is 0.800. The Kier molecular flexibility index (Phi) is 7.88. The summed E-state index contributed by atoms with van der Waals surface area (Å²) in [6.07, 6.45) is 17.7. The summed E-state index contributed by atoms with van der Waals surface area (Å²) in [6.45, 7) is 15.6. The second-order valence-corrected chi connectivity index (χ2v) is 11.5. The summed E-state index contributed by atoms with van der Waals surface area (Å²) in [6, 6.07) is 0. The predicted molar refractivity (Wildman–Crippen MR) is 136 cm³/mol. The fourth-order valence-electron chi connectivity index (χ4n) is 7.61. The molecule has 32 heavy (non-hydrogen) atoms. The van der Waals surface area contributed by atoms with Gasteiger partial charge in [0.25, 0.3) is 0 Å². The highest BCUT2D eigenvalue weighted by molar-refractivity contribution is 5.42. The molecular weight excluding hydrogens is 392 g/mol. The molecule has 2 saturated carbocycles. The van der Waals surface area contributed by atoms with Gasteiger partial charge < -0.3 is 10.2 Å². The van der Waals surface area contributed by atoms with Crippen LogP contribution in [0.3, 0.4) is 0 Å². The van der Waals surface area contributed by atoms with Gasteiger partial charge in [-0.1, -0.05) is 83.4 Å². The average molecular weight is 443 g/mol. The molecule has 0 aromatic carbocycles. The van der Waals surface area contributed by atoms with Gasteiger partial charge in [0.05, 0.1) is 11.7 Å². The van der Waals surface area contributed by atoms with Gasteiger partial charge in [0.2, 0.25) is 0 Å². The van der Waals surface area contributed by atoms with Crippen molar-refractivity contribution < 1.29 is 10.2 Å². The number of aliphatic hydroxyl groups excluding tert-OH is 1. The zero-order chi connectivity index (χ0) is 23.7. The molecule has 4 rings (SSSR count). The number of hydrogen-bond acceptors (Lipinski definition) is 2. The van der Waals surface area contributed by atoms with Crippen LogP contribution in [0.1, 0.15) is 113 Å². The van der Waals surface area contributed by atoms with E-state index in [1.165, 1.54) is 24.8 Å². The summed E-state index contributed by atoms with van der Waals surface area (Å²) in [7, 11) is 0. The first-order valence-electron chi connectivity index (χ1n) is 13.7. The van der Waals surface area contributed by atoms with E-state index in [9.17, 15) is 10.2 Å². The molecule has 0 aromatic rings. The molecule has 182 valence electrons. The van der Waals surface area contributed by atoms with Crippen molar-refractivity contribution in [2.45, 2.75) is 124 Å². The van der Waals surface area contributed by atoms with Crippen LogP contribution in [-0.4, -0.2) is 21.9 Å². The molecule has 0 bridgehead atoms. The van der Waals surface area contributed by atoms with Gasteiger partial charge in [-0.15, -0.1) is 0 Å². The van der Waals surface area contributed by atoms with E-state index in [1.807, 2.05) is 13.8 Å². The van der Waals surface area contributed by atoms with Crippen LogP contribution in [0.5, 0.6) is 0 Å². The molecule has 6 unspecified atom stereocenters. The highest BCUT2D eigenvalue weighted by atomic mass is 16.3. The van der Waals surface area contributed by atoms with E-state index < -0.39 is 5.60 Å². The molecule has 2 N–H and O–H groups in total. The van der Waals surface area contributed by atoms with Crippen LogP contribution in [0.4, 0.5) is 0 Å². The van der Waals surface area contributed by atoms with Crippen LogP contribution >= 0.6 is 0 Å².